The minimum atomic E-state index is -0.231. The van der Waals surface area contributed by atoms with Gasteiger partial charge in [-0.25, -0.2) is 0 Å². The average molecular weight is 371 g/mol. The van der Waals surface area contributed by atoms with Gasteiger partial charge in [0.1, 0.15) is 5.75 Å². The van der Waals surface area contributed by atoms with Crippen molar-refractivity contribution in [3.63, 3.8) is 0 Å². The smallest absolute Gasteiger partial charge is 0.244 e. The van der Waals surface area contributed by atoms with E-state index in [0.717, 1.165) is 11.3 Å². The number of benzene rings is 2. The molecular weight excluding hydrogens is 346 g/mol. The van der Waals surface area contributed by atoms with Crippen LogP contribution in [0.15, 0.2) is 42.5 Å². The van der Waals surface area contributed by atoms with E-state index < -0.39 is 0 Å². The van der Waals surface area contributed by atoms with Gasteiger partial charge >= 0.3 is 0 Å². The average Bonchev–Trinajstić information content (AvgIpc) is 2.70. The lowest BCUT2D eigenvalue weighted by Crippen LogP contribution is -2.24. The molecule has 0 saturated heterocycles. The Hall–Kier alpha value is -3.15. The molecule has 6 nitrogen and oxygen atoms in total. The third kappa shape index (κ3) is 4.73. The van der Waals surface area contributed by atoms with Crippen LogP contribution in [0.1, 0.15) is 24.1 Å². The van der Waals surface area contributed by atoms with Crippen LogP contribution in [0.25, 0.3) is 6.08 Å². The molecule has 1 amide bonds. The molecule has 0 aliphatic carbocycles. The molecule has 27 heavy (non-hydrogen) atoms. The molecule has 1 unspecified atom stereocenters. The number of methoxy groups -OCH3 is 4. The van der Waals surface area contributed by atoms with E-state index in [1.165, 1.54) is 13.2 Å². The summed E-state index contributed by atoms with van der Waals surface area (Å²) in [6.45, 7) is 1.90. The summed E-state index contributed by atoms with van der Waals surface area (Å²) in [6, 6.07) is 10.9. The topological polar surface area (TPSA) is 66.0 Å². The Balaban J connectivity index is 2.17. The molecule has 0 bridgehead atoms. The standard InChI is InChI=1S/C21H25NO5/c1-14(16-8-6-7-9-17(16)24-2)22-19(23)13-11-15-10-12-18(25-3)21(27-5)20(15)26-4/h6-14H,1-5H3,(H,22,23)/b13-11+. The van der Waals surface area contributed by atoms with Crippen LogP contribution >= 0.6 is 0 Å². The second-order valence-electron chi connectivity index (χ2n) is 5.73. The van der Waals surface area contributed by atoms with Crippen LogP contribution in [0.4, 0.5) is 0 Å². The van der Waals surface area contributed by atoms with E-state index in [-0.39, 0.29) is 11.9 Å². The van der Waals surface area contributed by atoms with Gasteiger partial charge in [-0.2, -0.15) is 0 Å². The third-order valence-electron chi connectivity index (χ3n) is 4.11. The van der Waals surface area contributed by atoms with Gasteiger partial charge in [0.2, 0.25) is 11.7 Å². The van der Waals surface area contributed by atoms with Crippen LogP contribution in [0, 0.1) is 0 Å². The lowest BCUT2D eigenvalue weighted by Gasteiger charge is -2.16. The molecule has 1 N–H and O–H groups in total. The summed E-state index contributed by atoms with van der Waals surface area (Å²) in [7, 11) is 6.24. The first-order valence-electron chi connectivity index (χ1n) is 8.46. The zero-order chi connectivity index (χ0) is 19.8. The normalized spacial score (nSPS) is 11.7. The first kappa shape index (κ1) is 20.2. The van der Waals surface area contributed by atoms with E-state index in [2.05, 4.69) is 5.32 Å². The molecule has 1 atom stereocenters. The lowest BCUT2D eigenvalue weighted by molar-refractivity contribution is -0.117. The molecule has 0 aromatic heterocycles. The quantitative estimate of drug-likeness (QED) is 0.718. The van der Waals surface area contributed by atoms with E-state index in [1.807, 2.05) is 31.2 Å². The van der Waals surface area contributed by atoms with Crippen LogP contribution in [0.3, 0.4) is 0 Å². The van der Waals surface area contributed by atoms with E-state index >= 15 is 0 Å². The lowest BCUT2D eigenvalue weighted by atomic mass is 10.1. The summed E-state index contributed by atoms with van der Waals surface area (Å²) >= 11 is 0. The Morgan fingerprint density at radius 2 is 1.56 bits per heavy atom. The predicted molar refractivity (Wildman–Crippen MR) is 105 cm³/mol. The Kier molecular flexibility index (Phi) is 7.11. The maximum Gasteiger partial charge on any atom is 0.244 e. The minimum Gasteiger partial charge on any atom is -0.496 e. The summed E-state index contributed by atoms with van der Waals surface area (Å²) < 4.78 is 21.4. The van der Waals surface area contributed by atoms with Crippen molar-refractivity contribution >= 4 is 12.0 Å². The molecule has 0 aliphatic rings. The van der Waals surface area contributed by atoms with Gasteiger partial charge in [-0.3, -0.25) is 4.79 Å². The summed E-state index contributed by atoms with van der Waals surface area (Å²) in [5.41, 5.74) is 1.61. The van der Waals surface area contributed by atoms with E-state index in [4.69, 9.17) is 18.9 Å². The summed E-state index contributed by atoms with van der Waals surface area (Å²) in [4.78, 5) is 12.3. The predicted octanol–water partition coefficient (Wildman–Crippen LogP) is 3.61. The van der Waals surface area contributed by atoms with Crippen LogP contribution < -0.4 is 24.3 Å². The van der Waals surface area contributed by atoms with Gasteiger partial charge in [0.15, 0.2) is 11.5 Å². The molecule has 144 valence electrons. The Morgan fingerprint density at radius 3 is 2.19 bits per heavy atom. The van der Waals surface area contributed by atoms with Crippen molar-refractivity contribution in [2.45, 2.75) is 13.0 Å². The molecule has 0 fully saturated rings. The Labute approximate surface area is 159 Å². The first-order chi connectivity index (χ1) is 13.0. The van der Waals surface area contributed by atoms with Crippen molar-refractivity contribution in [1.82, 2.24) is 5.32 Å². The van der Waals surface area contributed by atoms with Crippen LogP contribution in [0.5, 0.6) is 23.0 Å². The number of para-hydroxylation sites is 1. The SMILES string of the molecule is COc1ccccc1C(C)NC(=O)/C=C/c1ccc(OC)c(OC)c1OC. The summed E-state index contributed by atoms with van der Waals surface area (Å²) in [6.07, 6.45) is 3.13. The molecule has 0 radical (unpaired) electrons. The van der Waals surface area contributed by atoms with Crippen molar-refractivity contribution in [1.29, 1.82) is 0 Å². The van der Waals surface area contributed by atoms with E-state index in [0.29, 0.717) is 22.8 Å². The fourth-order valence-corrected chi connectivity index (χ4v) is 2.78. The molecule has 0 saturated carbocycles. The summed E-state index contributed by atoms with van der Waals surface area (Å²) in [5, 5.41) is 2.93. The maximum atomic E-state index is 12.3. The van der Waals surface area contributed by atoms with Gasteiger partial charge in [-0.1, -0.05) is 18.2 Å². The number of ether oxygens (including phenoxy) is 4. The third-order valence-corrected chi connectivity index (χ3v) is 4.11. The molecule has 2 aromatic rings. The van der Waals surface area contributed by atoms with Crippen molar-refractivity contribution < 1.29 is 23.7 Å². The van der Waals surface area contributed by atoms with Gasteiger partial charge in [0.25, 0.3) is 0 Å². The highest BCUT2D eigenvalue weighted by atomic mass is 16.5. The molecule has 2 rings (SSSR count). The van der Waals surface area contributed by atoms with Gasteiger partial charge in [-0.15, -0.1) is 0 Å². The van der Waals surface area contributed by atoms with Gasteiger partial charge in [0.05, 0.1) is 34.5 Å². The fourth-order valence-electron chi connectivity index (χ4n) is 2.78. The highest BCUT2D eigenvalue weighted by Crippen LogP contribution is 2.40. The number of amides is 1. The van der Waals surface area contributed by atoms with Crippen molar-refractivity contribution in [3.05, 3.63) is 53.6 Å². The monoisotopic (exact) mass is 371 g/mol. The van der Waals surface area contributed by atoms with Crippen LogP contribution in [0.2, 0.25) is 0 Å². The second-order valence-corrected chi connectivity index (χ2v) is 5.73. The van der Waals surface area contributed by atoms with Gasteiger partial charge in [0, 0.05) is 17.2 Å². The van der Waals surface area contributed by atoms with E-state index in [9.17, 15) is 4.79 Å². The highest BCUT2D eigenvalue weighted by Gasteiger charge is 2.15. The zero-order valence-corrected chi connectivity index (χ0v) is 16.2. The number of carbonyl (C=O) groups is 1. The second kappa shape index (κ2) is 9.52. The number of hydrogen-bond donors (Lipinski definition) is 1. The molecule has 0 spiro atoms. The van der Waals surface area contributed by atoms with Crippen molar-refractivity contribution in [2.24, 2.45) is 0 Å². The van der Waals surface area contributed by atoms with E-state index in [1.54, 1.807) is 39.5 Å². The number of carbonyl (C=O) groups excluding carboxylic acids is 1. The van der Waals surface area contributed by atoms with Crippen molar-refractivity contribution in [3.8, 4) is 23.0 Å². The largest absolute Gasteiger partial charge is 0.496 e. The van der Waals surface area contributed by atoms with Crippen molar-refractivity contribution in [2.75, 3.05) is 28.4 Å². The molecule has 0 aliphatic heterocycles. The first-order valence-corrected chi connectivity index (χ1v) is 8.46. The van der Waals surface area contributed by atoms with Gasteiger partial charge in [-0.05, 0) is 31.2 Å². The van der Waals surface area contributed by atoms with Crippen LogP contribution in [-0.4, -0.2) is 34.3 Å². The maximum absolute atomic E-state index is 12.3. The Morgan fingerprint density at radius 1 is 0.889 bits per heavy atom. The van der Waals surface area contributed by atoms with Gasteiger partial charge < -0.3 is 24.3 Å². The number of rotatable bonds is 8. The fraction of sp³-hybridized carbons (Fsp3) is 0.286. The minimum absolute atomic E-state index is 0.203. The number of nitrogens with one attached hydrogen (secondary N) is 1. The molecule has 2 aromatic carbocycles. The molecular formula is C21H25NO5. The Bertz CT molecular complexity index is 816. The highest BCUT2D eigenvalue weighted by molar-refractivity contribution is 5.92. The summed E-state index contributed by atoms with van der Waals surface area (Å²) in [5.74, 6) is 2.03. The molecule has 6 heteroatoms. The number of hydrogen-bond acceptors (Lipinski definition) is 5. The molecule has 0 heterocycles. The zero-order valence-electron chi connectivity index (χ0n) is 16.2. The van der Waals surface area contributed by atoms with Crippen LogP contribution in [-0.2, 0) is 4.79 Å².